The minimum absolute atomic E-state index is 0. The number of nitrogens with zero attached hydrogens (tertiary/aromatic N) is 4. The quantitative estimate of drug-likeness (QED) is 0.118. The minimum Gasteiger partial charge on any atom is -0.486 e. The molecule has 0 amide bonds. The van der Waals surface area contributed by atoms with Crippen LogP contribution in [0.4, 0.5) is 0 Å². The maximum Gasteiger partial charge on any atom is 0.216 e. The van der Waals surface area contributed by atoms with Crippen LogP contribution in [0, 0.1) is 19.1 Å². The number of fused-ring (bicyclic) bond motifs is 4. The molecule has 0 unspecified atom stereocenters. The molecule has 0 N–H and O–H groups in total. The zero-order chi connectivity index (χ0) is 41.4. The van der Waals surface area contributed by atoms with Crippen LogP contribution < -0.4 is 5.19 Å². The molecule has 6 aromatic carbocycles. The van der Waals surface area contributed by atoms with E-state index in [1.807, 2.05) is 37.4 Å². The number of rotatable bonds is 7. The fourth-order valence-corrected chi connectivity index (χ4v) is 8.82. The fraction of sp³-hybridized carbons (Fsp3) is 0.130. The van der Waals surface area contributed by atoms with Crippen LogP contribution in [0.25, 0.3) is 83.7 Å². The standard InChI is InChI=1S/C34H27N2.C20H19N2OSi.Ir/c1-24(2)29-22-28(25-14-6-3-7-15-25)23-30(26-16-8-4-9-17-26)33(29)36-32-21-13-12-20-31(32)35-34(36)27-18-10-5-11-19-27;1-13-5-8-16-17-11-14(6-10-19(17)23-20(16)22-13)18-9-7-15(12-21-18)24(2,3)4;/h3-18,20-24H,1-2H3;5,7-12H,1-4H3;/q2*-1;. The number of pyridine rings is 2. The van der Waals surface area contributed by atoms with Gasteiger partial charge >= 0.3 is 0 Å². The van der Waals surface area contributed by atoms with Crippen molar-refractivity contribution in [2.24, 2.45) is 0 Å². The normalized spacial score (nSPS) is 11.5. The fourth-order valence-electron chi connectivity index (χ4n) is 7.78. The van der Waals surface area contributed by atoms with Gasteiger partial charge in [-0.25, -0.2) is 4.98 Å². The first-order chi connectivity index (χ1) is 29.1. The third-order valence-electron chi connectivity index (χ3n) is 11.0. The number of furan rings is 1. The molecule has 0 saturated carbocycles. The van der Waals surface area contributed by atoms with Crippen molar-refractivity contribution < 1.29 is 24.5 Å². The summed E-state index contributed by atoms with van der Waals surface area (Å²) in [5.41, 5.74) is 14.7. The number of hydrogen-bond acceptors (Lipinski definition) is 4. The second-order valence-corrected chi connectivity index (χ2v) is 21.7. The first-order valence-electron chi connectivity index (χ1n) is 20.5. The van der Waals surface area contributed by atoms with Crippen LogP contribution in [0.1, 0.15) is 31.0 Å². The van der Waals surface area contributed by atoms with E-state index in [0.29, 0.717) is 11.6 Å². The van der Waals surface area contributed by atoms with E-state index in [0.717, 1.165) is 55.7 Å². The van der Waals surface area contributed by atoms with Crippen molar-refractivity contribution in [3.63, 3.8) is 0 Å². The van der Waals surface area contributed by atoms with E-state index in [-0.39, 0.29) is 20.1 Å². The smallest absolute Gasteiger partial charge is 0.216 e. The Morgan fingerprint density at radius 2 is 1.38 bits per heavy atom. The number of para-hydroxylation sites is 2. The van der Waals surface area contributed by atoms with Crippen LogP contribution in [-0.4, -0.2) is 27.6 Å². The Bertz CT molecular complexity index is 3100. The molecule has 0 aliphatic heterocycles. The number of benzene rings is 6. The van der Waals surface area contributed by atoms with E-state index >= 15 is 0 Å². The van der Waals surface area contributed by atoms with Gasteiger partial charge in [-0.05, 0) is 82.4 Å². The summed E-state index contributed by atoms with van der Waals surface area (Å²) in [6.45, 7) is 13.5. The molecule has 7 heteroatoms. The Morgan fingerprint density at radius 1 is 0.656 bits per heavy atom. The van der Waals surface area contributed by atoms with Crippen molar-refractivity contribution >= 4 is 46.4 Å². The maximum atomic E-state index is 5.83. The average molecular weight is 987 g/mol. The molecule has 1 radical (unpaired) electrons. The Labute approximate surface area is 372 Å². The minimum atomic E-state index is -1.33. The Kier molecular flexibility index (Phi) is 11.8. The third-order valence-corrected chi connectivity index (χ3v) is 13.0. The molecule has 0 aliphatic carbocycles. The topological polar surface area (TPSA) is 56.7 Å². The predicted molar refractivity (Wildman–Crippen MR) is 252 cm³/mol. The van der Waals surface area contributed by atoms with E-state index in [1.165, 1.54) is 38.7 Å². The van der Waals surface area contributed by atoms with Crippen molar-refractivity contribution in [2.45, 2.75) is 46.3 Å². The molecular formula is C54H46IrN4OSi-2. The summed E-state index contributed by atoms with van der Waals surface area (Å²) < 4.78 is 8.17. The first-order valence-corrected chi connectivity index (χ1v) is 24.0. The summed E-state index contributed by atoms with van der Waals surface area (Å²) in [5.74, 6) is 1.21. The SMILES string of the molecule is CC(C)c1cc(-c2ccccc2)cc(-c2ccccc2)c1-n1c(-c2[c-]cccc2)nc2ccccc21.Cc1ccc2c(n1)oc1c[c-]c(-c3ccc([Si](C)(C)C)cn3)cc12.[Ir]. The van der Waals surface area contributed by atoms with Crippen molar-refractivity contribution in [3.8, 4) is 50.6 Å². The van der Waals surface area contributed by atoms with Crippen molar-refractivity contribution in [2.75, 3.05) is 0 Å². The van der Waals surface area contributed by atoms with E-state index in [2.05, 4.69) is 194 Å². The van der Waals surface area contributed by atoms with Crippen LogP contribution in [0.5, 0.6) is 0 Å². The number of aromatic nitrogens is 4. The second kappa shape index (κ2) is 17.4. The first kappa shape index (κ1) is 41.5. The molecule has 303 valence electrons. The Balaban J connectivity index is 0.000000179. The number of aryl methyl sites for hydroxylation is 1. The van der Waals surface area contributed by atoms with Gasteiger partial charge in [-0.1, -0.05) is 124 Å². The van der Waals surface area contributed by atoms with Crippen LogP contribution in [0.3, 0.4) is 0 Å². The molecule has 0 saturated heterocycles. The van der Waals surface area contributed by atoms with Crippen LogP contribution in [0.15, 0.2) is 168 Å². The Morgan fingerprint density at radius 3 is 2.07 bits per heavy atom. The number of hydrogen-bond donors (Lipinski definition) is 0. The van der Waals surface area contributed by atoms with E-state index < -0.39 is 8.07 Å². The zero-order valence-corrected chi connectivity index (χ0v) is 38.6. The molecule has 0 spiro atoms. The zero-order valence-electron chi connectivity index (χ0n) is 35.2. The van der Waals surface area contributed by atoms with E-state index in [9.17, 15) is 0 Å². The average Bonchev–Trinajstić information content (AvgIpc) is 3.84. The molecule has 10 aromatic rings. The van der Waals surface area contributed by atoms with Gasteiger partial charge in [0.2, 0.25) is 5.71 Å². The van der Waals surface area contributed by atoms with Crippen molar-refractivity contribution in [1.29, 1.82) is 0 Å². The van der Waals surface area contributed by atoms with Crippen molar-refractivity contribution in [3.05, 3.63) is 187 Å². The molecule has 4 heterocycles. The molecule has 5 nitrogen and oxygen atoms in total. The molecule has 0 atom stereocenters. The summed E-state index contributed by atoms with van der Waals surface area (Å²) >= 11 is 0. The summed E-state index contributed by atoms with van der Waals surface area (Å²) in [6.07, 6.45) is 2.01. The second-order valence-electron chi connectivity index (χ2n) is 16.6. The molecule has 61 heavy (non-hydrogen) atoms. The molecular weight excluding hydrogens is 941 g/mol. The summed E-state index contributed by atoms with van der Waals surface area (Å²) in [4.78, 5) is 14.2. The van der Waals surface area contributed by atoms with Crippen LogP contribution in [-0.2, 0) is 20.1 Å². The van der Waals surface area contributed by atoms with Gasteiger partial charge in [0.1, 0.15) is 0 Å². The predicted octanol–water partition coefficient (Wildman–Crippen LogP) is 13.6. The molecule has 10 rings (SSSR count). The molecule has 0 bridgehead atoms. The summed E-state index contributed by atoms with van der Waals surface area (Å²) in [7, 11) is -1.33. The van der Waals surface area contributed by atoms with Gasteiger partial charge in [-0.3, -0.25) is 4.98 Å². The van der Waals surface area contributed by atoms with E-state index in [1.54, 1.807) is 0 Å². The summed E-state index contributed by atoms with van der Waals surface area (Å²) in [6, 6.07) is 61.6. The monoisotopic (exact) mass is 987 g/mol. The van der Waals surface area contributed by atoms with Gasteiger partial charge in [0, 0.05) is 48.6 Å². The molecule has 0 aliphatic rings. The Hall–Kier alpha value is -6.24. The van der Waals surface area contributed by atoms with Crippen LogP contribution in [0.2, 0.25) is 19.6 Å². The summed E-state index contributed by atoms with van der Waals surface area (Å²) in [5, 5.41) is 3.45. The third kappa shape index (κ3) is 8.42. The van der Waals surface area contributed by atoms with Crippen LogP contribution >= 0.6 is 0 Å². The largest absolute Gasteiger partial charge is 0.486 e. The molecule has 4 aromatic heterocycles. The van der Waals surface area contributed by atoms with E-state index in [4.69, 9.17) is 9.40 Å². The van der Waals surface area contributed by atoms with Gasteiger partial charge < -0.3 is 14.0 Å². The van der Waals surface area contributed by atoms with Gasteiger partial charge in [0.15, 0.2) is 0 Å². The maximum absolute atomic E-state index is 5.83. The number of imidazole rings is 1. The van der Waals surface area contributed by atoms with Gasteiger partial charge in [-0.2, -0.15) is 0 Å². The van der Waals surface area contributed by atoms with Crippen molar-refractivity contribution in [1.82, 2.24) is 19.5 Å². The molecule has 0 fully saturated rings. The van der Waals surface area contributed by atoms with Gasteiger partial charge in [0.05, 0.1) is 30.5 Å². The van der Waals surface area contributed by atoms with Gasteiger partial charge in [0.25, 0.3) is 0 Å². The van der Waals surface area contributed by atoms with Gasteiger partial charge in [-0.15, -0.1) is 59.7 Å².